The molecule has 0 aliphatic rings. The number of carbonyl (C=O) groups is 2. The molecule has 3 N–H and O–H groups in total. The topological polar surface area (TPSA) is 149 Å². The van der Waals surface area contributed by atoms with E-state index in [2.05, 4.69) is 25.5 Å². The van der Waals surface area contributed by atoms with Crippen LogP contribution in [0.25, 0.3) is 0 Å². The number of rotatable bonds is 7. The van der Waals surface area contributed by atoms with Gasteiger partial charge in [0.2, 0.25) is 5.71 Å². The Labute approximate surface area is 197 Å². The number of aromatic nitrogens is 2. The summed E-state index contributed by atoms with van der Waals surface area (Å²) < 4.78 is 4.57. The molecule has 0 unspecified atom stereocenters. The number of carbonyl (C=O) groups excluding carboxylic acids is 2. The van der Waals surface area contributed by atoms with Gasteiger partial charge in [-0.2, -0.15) is 15.5 Å². The standard InChI is InChI=1S/C19H18Cl2N6O4S/c1-4-31-19(30)23-18(29)14(8-22)25-24-10-5-12(20)16(13(21)6-10)32-15-7-11(9(2)3)17(28)27-26-15/h5-7,9,24H,4H2,1-3H3,(H,27,28)(H,23,29,30). The summed E-state index contributed by atoms with van der Waals surface area (Å²) in [6.07, 6.45) is -0.996. The molecule has 13 heteroatoms. The zero-order valence-electron chi connectivity index (χ0n) is 17.2. The van der Waals surface area contributed by atoms with Crippen molar-refractivity contribution in [3.8, 4) is 6.07 Å². The van der Waals surface area contributed by atoms with Gasteiger partial charge in [0.15, 0.2) is 0 Å². The number of nitriles is 1. The molecular weight excluding hydrogens is 479 g/mol. The van der Waals surface area contributed by atoms with Crippen LogP contribution in [0.2, 0.25) is 10.0 Å². The van der Waals surface area contributed by atoms with E-state index in [4.69, 9.17) is 28.5 Å². The van der Waals surface area contributed by atoms with Crippen molar-refractivity contribution in [2.45, 2.75) is 36.6 Å². The van der Waals surface area contributed by atoms with Crippen molar-refractivity contribution in [3.05, 3.63) is 44.2 Å². The first-order valence-corrected chi connectivity index (χ1v) is 10.7. The lowest BCUT2D eigenvalue weighted by Crippen LogP contribution is -2.36. The van der Waals surface area contributed by atoms with Gasteiger partial charge in [-0.1, -0.05) is 48.8 Å². The lowest BCUT2D eigenvalue weighted by atomic mass is 10.1. The molecular formula is C19H18Cl2N6O4S. The zero-order chi connectivity index (χ0) is 23.8. The summed E-state index contributed by atoms with van der Waals surface area (Å²) in [7, 11) is 0. The number of hydrogen-bond donors (Lipinski definition) is 3. The van der Waals surface area contributed by atoms with Crippen molar-refractivity contribution in [1.29, 1.82) is 5.26 Å². The number of hydrazone groups is 1. The quantitative estimate of drug-likeness (QED) is 0.385. The number of alkyl carbamates (subject to hydrolysis) is 1. The first-order chi connectivity index (χ1) is 15.2. The van der Waals surface area contributed by atoms with E-state index < -0.39 is 17.7 Å². The van der Waals surface area contributed by atoms with Gasteiger partial charge in [0.25, 0.3) is 11.5 Å². The number of nitrogens with zero attached hydrogens (tertiary/aromatic N) is 3. The van der Waals surface area contributed by atoms with E-state index in [1.807, 2.05) is 19.2 Å². The maximum Gasteiger partial charge on any atom is 0.414 e. The van der Waals surface area contributed by atoms with Gasteiger partial charge >= 0.3 is 6.09 Å². The van der Waals surface area contributed by atoms with Gasteiger partial charge < -0.3 is 4.74 Å². The van der Waals surface area contributed by atoms with E-state index in [1.165, 1.54) is 12.1 Å². The SMILES string of the molecule is CCOC(=O)NC(=O)C(C#N)=NNc1cc(Cl)c(Sc2cc(C(C)C)c(=O)[nH]n2)c(Cl)c1. The van der Waals surface area contributed by atoms with Crippen LogP contribution in [0.4, 0.5) is 10.5 Å². The number of anilines is 1. The van der Waals surface area contributed by atoms with E-state index in [0.29, 0.717) is 21.2 Å². The fourth-order valence-corrected chi connectivity index (χ4v) is 3.79. The Morgan fingerprint density at radius 2 is 1.97 bits per heavy atom. The highest BCUT2D eigenvalue weighted by molar-refractivity contribution is 7.99. The zero-order valence-corrected chi connectivity index (χ0v) is 19.5. The molecule has 0 bridgehead atoms. The number of aromatic amines is 1. The number of amides is 2. The fourth-order valence-electron chi connectivity index (χ4n) is 2.27. The van der Waals surface area contributed by atoms with E-state index in [9.17, 15) is 14.4 Å². The van der Waals surface area contributed by atoms with Crippen molar-refractivity contribution in [2.75, 3.05) is 12.0 Å². The van der Waals surface area contributed by atoms with Crippen molar-refractivity contribution >= 4 is 58.4 Å². The molecule has 0 fully saturated rings. The fraction of sp³-hybridized carbons (Fsp3) is 0.263. The second-order valence-electron chi connectivity index (χ2n) is 6.38. The van der Waals surface area contributed by atoms with E-state index >= 15 is 0 Å². The lowest BCUT2D eigenvalue weighted by Gasteiger charge is -2.10. The van der Waals surface area contributed by atoms with Gasteiger partial charge in [0.1, 0.15) is 11.1 Å². The summed E-state index contributed by atoms with van der Waals surface area (Å²) in [5, 5.41) is 22.1. The Kier molecular flexibility index (Phi) is 9.07. The molecule has 0 atom stereocenters. The van der Waals surface area contributed by atoms with Crippen LogP contribution in [-0.2, 0) is 9.53 Å². The van der Waals surface area contributed by atoms with Crippen molar-refractivity contribution in [3.63, 3.8) is 0 Å². The third-order valence-corrected chi connectivity index (χ3v) is 5.63. The number of imide groups is 1. The van der Waals surface area contributed by atoms with Crippen molar-refractivity contribution < 1.29 is 14.3 Å². The minimum absolute atomic E-state index is 0.00633. The molecule has 0 aliphatic carbocycles. The van der Waals surface area contributed by atoms with Gasteiger partial charge in [-0.15, -0.1) is 0 Å². The molecule has 1 aromatic heterocycles. The highest BCUT2D eigenvalue weighted by Crippen LogP contribution is 2.40. The molecule has 168 valence electrons. The molecule has 0 aliphatic heterocycles. The van der Waals surface area contributed by atoms with Crippen LogP contribution in [0.1, 0.15) is 32.3 Å². The van der Waals surface area contributed by atoms with Crippen LogP contribution in [-0.4, -0.2) is 34.5 Å². The number of nitrogens with one attached hydrogen (secondary N) is 3. The van der Waals surface area contributed by atoms with Gasteiger partial charge in [-0.25, -0.2) is 9.89 Å². The van der Waals surface area contributed by atoms with Crippen molar-refractivity contribution in [2.24, 2.45) is 5.10 Å². The molecule has 2 amide bonds. The van der Waals surface area contributed by atoms with Crippen LogP contribution in [0.15, 0.2) is 38.0 Å². The number of hydrogen-bond acceptors (Lipinski definition) is 9. The second-order valence-corrected chi connectivity index (χ2v) is 8.22. The smallest absolute Gasteiger partial charge is 0.414 e. The van der Waals surface area contributed by atoms with Crippen LogP contribution in [0.3, 0.4) is 0 Å². The predicted molar refractivity (Wildman–Crippen MR) is 121 cm³/mol. The Balaban J connectivity index is 2.20. The van der Waals surface area contributed by atoms with Crippen LogP contribution in [0, 0.1) is 11.3 Å². The first kappa shape index (κ1) is 25.2. The first-order valence-electron chi connectivity index (χ1n) is 9.14. The molecule has 10 nitrogen and oxygen atoms in total. The average Bonchev–Trinajstić information content (AvgIpc) is 2.72. The molecule has 1 aromatic carbocycles. The van der Waals surface area contributed by atoms with Crippen molar-refractivity contribution in [1.82, 2.24) is 15.5 Å². The summed E-state index contributed by atoms with van der Waals surface area (Å²) in [4.78, 5) is 35.5. The molecule has 0 spiro atoms. The normalized spacial score (nSPS) is 11.1. The van der Waals surface area contributed by atoms with Gasteiger partial charge in [0.05, 0.1) is 27.2 Å². The third-order valence-electron chi connectivity index (χ3n) is 3.74. The summed E-state index contributed by atoms with van der Waals surface area (Å²) in [6.45, 7) is 5.41. The minimum atomic E-state index is -1.03. The maximum absolute atomic E-state index is 11.9. The molecule has 1 heterocycles. The maximum atomic E-state index is 11.9. The van der Waals surface area contributed by atoms with Crippen LogP contribution in [0.5, 0.6) is 0 Å². The van der Waals surface area contributed by atoms with Gasteiger partial charge in [0, 0.05) is 5.56 Å². The Bertz CT molecular complexity index is 1140. The molecule has 0 saturated carbocycles. The average molecular weight is 497 g/mol. The molecule has 2 aromatic rings. The third kappa shape index (κ3) is 6.71. The number of ether oxygens (including phenoxy) is 1. The molecule has 2 rings (SSSR count). The second kappa shape index (κ2) is 11.5. The predicted octanol–water partition coefficient (Wildman–Crippen LogP) is 3.92. The Morgan fingerprint density at radius 3 is 2.53 bits per heavy atom. The highest BCUT2D eigenvalue weighted by Gasteiger charge is 2.17. The van der Waals surface area contributed by atoms with Gasteiger partial charge in [-0.3, -0.25) is 20.3 Å². The minimum Gasteiger partial charge on any atom is -0.450 e. The molecule has 32 heavy (non-hydrogen) atoms. The summed E-state index contributed by atoms with van der Waals surface area (Å²) in [6, 6.07) is 6.19. The lowest BCUT2D eigenvalue weighted by molar-refractivity contribution is -0.114. The van der Waals surface area contributed by atoms with E-state index in [0.717, 1.165) is 11.8 Å². The molecule has 0 radical (unpaired) electrons. The van der Waals surface area contributed by atoms with E-state index in [1.54, 1.807) is 19.1 Å². The molecule has 0 saturated heterocycles. The number of halogens is 2. The Hall–Kier alpha value is -3.07. The highest BCUT2D eigenvalue weighted by atomic mass is 35.5. The monoisotopic (exact) mass is 496 g/mol. The number of H-pyrrole nitrogens is 1. The summed E-state index contributed by atoms with van der Waals surface area (Å²) in [5.74, 6) is -1.03. The van der Waals surface area contributed by atoms with Crippen LogP contribution < -0.4 is 16.3 Å². The number of benzene rings is 1. The van der Waals surface area contributed by atoms with Crippen LogP contribution >= 0.6 is 35.0 Å². The summed E-state index contributed by atoms with van der Waals surface area (Å²) in [5.41, 5.74) is 2.49. The largest absolute Gasteiger partial charge is 0.450 e. The van der Waals surface area contributed by atoms with E-state index in [-0.39, 0.29) is 28.1 Å². The Morgan fingerprint density at radius 1 is 1.31 bits per heavy atom. The summed E-state index contributed by atoms with van der Waals surface area (Å²) >= 11 is 13.8. The van der Waals surface area contributed by atoms with Gasteiger partial charge in [-0.05, 0) is 31.0 Å².